The Labute approximate surface area is 169 Å². The summed E-state index contributed by atoms with van der Waals surface area (Å²) < 4.78 is 0. The van der Waals surface area contributed by atoms with Crippen molar-refractivity contribution in [1.29, 1.82) is 0 Å². The van der Waals surface area contributed by atoms with Gasteiger partial charge in [-0.2, -0.15) is 0 Å². The molecule has 0 fully saturated rings. The molecule has 0 spiro atoms. The molecule has 1 N–H and O–H groups in total. The van der Waals surface area contributed by atoms with E-state index in [4.69, 9.17) is 11.6 Å². The number of anilines is 2. The number of halogens is 1. The van der Waals surface area contributed by atoms with Crippen molar-refractivity contribution in [3.63, 3.8) is 0 Å². The second-order valence-corrected chi connectivity index (χ2v) is 6.82. The standard InChI is InChI=1S/C23H21ClN2O2/c1-26(20-8-3-2-4-9-20)23(28)18-11-14-19(15-12-18)25-22(27)16-13-17-7-5-6-10-21(17)24/h2-12,14-15H,13,16H2,1H3,(H,25,27). The van der Waals surface area contributed by atoms with E-state index in [0.29, 0.717) is 29.1 Å². The van der Waals surface area contributed by atoms with Crippen LogP contribution in [-0.4, -0.2) is 18.9 Å². The molecule has 2 amide bonds. The van der Waals surface area contributed by atoms with Crippen LogP contribution in [0.15, 0.2) is 78.9 Å². The van der Waals surface area contributed by atoms with Crippen LogP contribution < -0.4 is 10.2 Å². The fraction of sp³-hybridized carbons (Fsp3) is 0.130. The summed E-state index contributed by atoms with van der Waals surface area (Å²) in [6, 6.07) is 23.8. The molecule has 0 bridgehead atoms. The average molecular weight is 393 g/mol. The van der Waals surface area contributed by atoms with Crippen molar-refractivity contribution in [3.8, 4) is 0 Å². The number of carbonyl (C=O) groups excluding carboxylic acids is 2. The summed E-state index contributed by atoms with van der Waals surface area (Å²) in [5.74, 6) is -0.205. The Kier molecular flexibility index (Phi) is 6.45. The van der Waals surface area contributed by atoms with Crippen LogP contribution in [-0.2, 0) is 11.2 Å². The van der Waals surface area contributed by atoms with Crippen molar-refractivity contribution in [2.45, 2.75) is 12.8 Å². The third-order valence-electron chi connectivity index (χ3n) is 4.44. The minimum Gasteiger partial charge on any atom is -0.326 e. The monoisotopic (exact) mass is 392 g/mol. The molecular weight excluding hydrogens is 372 g/mol. The molecule has 28 heavy (non-hydrogen) atoms. The van der Waals surface area contributed by atoms with Gasteiger partial charge < -0.3 is 10.2 Å². The first-order chi connectivity index (χ1) is 13.5. The Morgan fingerprint density at radius 3 is 2.21 bits per heavy atom. The third-order valence-corrected chi connectivity index (χ3v) is 4.81. The SMILES string of the molecule is CN(C(=O)c1ccc(NC(=O)CCc2ccccc2Cl)cc1)c1ccccc1. The predicted molar refractivity (Wildman–Crippen MR) is 114 cm³/mol. The van der Waals surface area contributed by atoms with Crippen LogP contribution in [0.3, 0.4) is 0 Å². The molecule has 0 aromatic heterocycles. The molecule has 4 nitrogen and oxygen atoms in total. The number of benzene rings is 3. The molecule has 3 aromatic rings. The summed E-state index contributed by atoms with van der Waals surface area (Å²) in [6.45, 7) is 0. The first-order valence-electron chi connectivity index (χ1n) is 9.01. The number of carbonyl (C=O) groups is 2. The van der Waals surface area contributed by atoms with Crippen molar-refractivity contribution in [2.24, 2.45) is 0 Å². The molecule has 0 unspecified atom stereocenters. The molecule has 0 saturated heterocycles. The van der Waals surface area contributed by atoms with Crippen LogP contribution in [0.2, 0.25) is 5.02 Å². The number of hydrogen-bond donors (Lipinski definition) is 1. The lowest BCUT2D eigenvalue weighted by atomic mass is 10.1. The number of amides is 2. The minimum atomic E-state index is -0.109. The zero-order valence-corrected chi connectivity index (χ0v) is 16.3. The maximum atomic E-state index is 12.6. The lowest BCUT2D eigenvalue weighted by Crippen LogP contribution is -2.26. The second-order valence-electron chi connectivity index (χ2n) is 6.42. The van der Waals surface area contributed by atoms with Crippen molar-refractivity contribution in [1.82, 2.24) is 0 Å². The van der Waals surface area contributed by atoms with Crippen molar-refractivity contribution >= 4 is 34.8 Å². The van der Waals surface area contributed by atoms with E-state index in [1.165, 1.54) is 0 Å². The van der Waals surface area contributed by atoms with Crippen molar-refractivity contribution < 1.29 is 9.59 Å². The van der Waals surface area contributed by atoms with E-state index in [1.54, 1.807) is 36.2 Å². The Morgan fingerprint density at radius 2 is 1.54 bits per heavy atom. The molecule has 3 aromatic carbocycles. The van der Waals surface area contributed by atoms with Crippen molar-refractivity contribution in [2.75, 3.05) is 17.3 Å². The van der Waals surface area contributed by atoms with E-state index < -0.39 is 0 Å². The van der Waals surface area contributed by atoms with E-state index in [1.807, 2.05) is 54.6 Å². The quantitative estimate of drug-likeness (QED) is 0.627. The van der Waals surface area contributed by atoms with Crippen LogP contribution in [0.4, 0.5) is 11.4 Å². The minimum absolute atomic E-state index is 0.0969. The third kappa shape index (κ3) is 4.99. The topological polar surface area (TPSA) is 49.4 Å². The number of nitrogens with one attached hydrogen (secondary N) is 1. The van der Waals surface area contributed by atoms with Gasteiger partial charge in [-0.05, 0) is 54.4 Å². The molecule has 0 heterocycles. The predicted octanol–water partition coefficient (Wildman–Crippen LogP) is 5.19. The normalized spacial score (nSPS) is 10.4. The van der Waals surface area contributed by atoms with Crippen LogP contribution in [0, 0.1) is 0 Å². The van der Waals surface area contributed by atoms with Crippen LogP contribution in [0.5, 0.6) is 0 Å². The number of nitrogens with zero attached hydrogens (tertiary/aromatic N) is 1. The maximum absolute atomic E-state index is 12.6. The summed E-state index contributed by atoms with van der Waals surface area (Å²) in [6.07, 6.45) is 0.908. The lowest BCUT2D eigenvalue weighted by molar-refractivity contribution is -0.116. The van der Waals surface area contributed by atoms with Crippen LogP contribution >= 0.6 is 11.6 Å². The molecule has 0 radical (unpaired) electrons. The van der Waals surface area contributed by atoms with E-state index >= 15 is 0 Å². The molecule has 0 aliphatic rings. The van der Waals surface area contributed by atoms with Gasteiger partial charge in [-0.15, -0.1) is 0 Å². The van der Waals surface area contributed by atoms with E-state index in [9.17, 15) is 9.59 Å². The van der Waals surface area contributed by atoms with Gasteiger partial charge >= 0.3 is 0 Å². The van der Waals surface area contributed by atoms with Gasteiger partial charge in [-0.3, -0.25) is 9.59 Å². The summed E-state index contributed by atoms with van der Waals surface area (Å²) in [4.78, 5) is 26.4. The molecule has 0 atom stereocenters. The van der Waals surface area contributed by atoms with Gasteiger partial charge in [0.2, 0.25) is 5.91 Å². The second kappa shape index (κ2) is 9.20. The molecular formula is C23H21ClN2O2. The Bertz CT molecular complexity index is 956. The zero-order valence-electron chi connectivity index (χ0n) is 15.6. The molecule has 0 saturated carbocycles. The number of rotatable bonds is 6. The summed E-state index contributed by atoms with van der Waals surface area (Å²) >= 11 is 6.12. The fourth-order valence-corrected chi connectivity index (χ4v) is 3.06. The molecule has 0 aliphatic heterocycles. The highest BCUT2D eigenvalue weighted by Gasteiger charge is 2.13. The summed E-state index contributed by atoms with van der Waals surface area (Å²) in [5, 5.41) is 3.52. The number of hydrogen-bond acceptors (Lipinski definition) is 2. The van der Waals surface area contributed by atoms with Gasteiger partial charge in [-0.25, -0.2) is 0 Å². The van der Waals surface area contributed by atoms with Crippen LogP contribution in [0.1, 0.15) is 22.3 Å². The van der Waals surface area contributed by atoms with Gasteiger partial charge in [0.15, 0.2) is 0 Å². The molecule has 3 rings (SSSR count). The average Bonchev–Trinajstić information content (AvgIpc) is 2.73. The highest BCUT2D eigenvalue weighted by atomic mass is 35.5. The van der Waals surface area contributed by atoms with Gasteiger partial charge in [-0.1, -0.05) is 48.0 Å². The highest BCUT2D eigenvalue weighted by molar-refractivity contribution is 6.31. The van der Waals surface area contributed by atoms with Gasteiger partial charge in [0.05, 0.1) is 0 Å². The van der Waals surface area contributed by atoms with Crippen molar-refractivity contribution in [3.05, 3.63) is 95.0 Å². The number of aryl methyl sites for hydroxylation is 1. The molecule has 0 aliphatic carbocycles. The smallest absolute Gasteiger partial charge is 0.258 e. The Balaban J connectivity index is 1.57. The highest BCUT2D eigenvalue weighted by Crippen LogP contribution is 2.18. The van der Waals surface area contributed by atoms with E-state index in [2.05, 4.69) is 5.32 Å². The Hall–Kier alpha value is -3.11. The van der Waals surface area contributed by atoms with E-state index in [-0.39, 0.29) is 11.8 Å². The van der Waals surface area contributed by atoms with Crippen LogP contribution in [0.25, 0.3) is 0 Å². The van der Waals surface area contributed by atoms with E-state index in [0.717, 1.165) is 11.3 Å². The number of para-hydroxylation sites is 1. The maximum Gasteiger partial charge on any atom is 0.258 e. The summed E-state index contributed by atoms with van der Waals surface area (Å²) in [7, 11) is 1.74. The molecule has 5 heteroatoms. The first kappa shape index (κ1) is 19.6. The summed E-state index contributed by atoms with van der Waals surface area (Å²) in [5.41, 5.74) is 2.98. The van der Waals surface area contributed by atoms with Gasteiger partial charge in [0.25, 0.3) is 5.91 Å². The fourth-order valence-electron chi connectivity index (χ4n) is 2.83. The molecule has 142 valence electrons. The zero-order chi connectivity index (χ0) is 19.9. The van der Waals surface area contributed by atoms with Gasteiger partial charge in [0.1, 0.15) is 0 Å². The first-order valence-corrected chi connectivity index (χ1v) is 9.39. The van der Waals surface area contributed by atoms with Gasteiger partial charge in [0, 0.05) is 35.4 Å². The Morgan fingerprint density at radius 1 is 0.893 bits per heavy atom. The lowest BCUT2D eigenvalue weighted by Gasteiger charge is -2.17. The largest absolute Gasteiger partial charge is 0.326 e.